The summed E-state index contributed by atoms with van der Waals surface area (Å²) in [5.74, 6) is 1.25. The standard InChI is InChI=1S/C19H14BrN3OS2/c20-15-8-6-14(7-9-15)18-22-23-19(24-18)26-12-16-11-25-17(21-16)10-13-4-2-1-3-5-13/h1-9,11H,10,12H2. The first-order chi connectivity index (χ1) is 12.8. The zero-order valence-corrected chi connectivity index (χ0v) is 16.9. The van der Waals surface area contributed by atoms with E-state index in [4.69, 9.17) is 9.40 Å². The average Bonchev–Trinajstić information content (AvgIpc) is 3.31. The lowest BCUT2D eigenvalue weighted by Gasteiger charge is -1.96. The van der Waals surface area contributed by atoms with Gasteiger partial charge in [-0.15, -0.1) is 21.5 Å². The largest absolute Gasteiger partial charge is 0.411 e. The van der Waals surface area contributed by atoms with Gasteiger partial charge >= 0.3 is 0 Å². The van der Waals surface area contributed by atoms with Crippen molar-refractivity contribution >= 4 is 39.0 Å². The van der Waals surface area contributed by atoms with E-state index >= 15 is 0 Å². The molecular weight excluding hydrogens is 430 g/mol. The Balaban J connectivity index is 1.37. The lowest BCUT2D eigenvalue weighted by Crippen LogP contribution is -1.88. The number of thioether (sulfide) groups is 1. The minimum absolute atomic E-state index is 0.531. The summed E-state index contributed by atoms with van der Waals surface area (Å²) < 4.78 is 6.75. The van der Waals surface area contributed by atoms with E-state index in [1.165, 1.54) is 17.3 Å². The number of benzene rings is 2. The van der Waals surface area contributed by atoms with Crippen molar-refractivity contribution in [3.05, 3.63) is 80.7 Å². The molecule has 0 aliphatic carbocycles. The van der Waals surface area contributed by atoms with Crippen LogP contribution in [0.15, 0.2) is 74.1 Å². The van der Waals surface area contributed by atoms with Crippen molar-refractivity contribution in [3.8, 4) is 11.5 Å². The Kier molecular flexibility index (Phi) is 5.48. The summed E-state index contributed by atoms with van der Waals surface area (Å²) in [6, 6.07) is 18.2. The van der Waals surface area contributed by atoms with Crippen molar-refractivity contribution in [3.63, 3.8) is 0 Å². The predicted octanol–water partition coefficient (Wildman–Crippen LogP) is 5.84. The third-order valence-electron chi connectivity index (χ3n) is 3.64. The van der Waals surface area contributed by atoms with Crippen LogP contribution in [-0.4, -0.2) is 15.2 Å². The molecule has 0 aliphatic heterocycles. The predicted molar refractivity (Wildman–Crippen MR) is 108 cm³/mol. The normalized spacial score (nSPS) is 11.0. The first kappa shape index (κ1) is 17.5. The molecule has 26 heavy (non-hydrogen) atoms. The van der Waals surface area contributed by atoms with Crippen LogP contribution in [0.3, 0.4) is 0 Å². The van der Waals surface area contributed by atoms with Gasteiger partial charge in [0.25, 0.3) is 5.22 Å². The van der Waals surface area contributed by atoms with E-state index in [2.05, 4.69) is 55.8 Å². The van der Waals surface area contributed by atoms with E-state index in [0.29, 0.717) is 16.9 Å². The van der Waals surface area contributed by atoms with Crippen molar-refractivity contribution in [1.82, 2.24) is 15.2 Å². The monoisotopic (exact) mass is 443 g/mol. The van der Waals surface area contributed by atoms with Gasteiger partial charge in [-0.1, -0.05) is 58.0 Å². The molecule has 4 aromatic rings. The summed E-state index contributed by atoms with van der Waals surface area (Å²) in [7, 11) is 0. The van der Waals surface area contributed by atoms with Gasteiger partial charge in [-0.05, 0) is 29.8 Å². The molecule has 0 fully saturated rings. The number of thiazole rings is 1. The highest BCUT2D eigenvalue weighted by molar-refractivity contribution is 9.10. The molecule has 4 rings (SSSR count). The van der Waals surface area contributed by atoms with Crippen molar-refractivity contribution in [2.75, 3.05) is 0 Å². The van der Waals surface area contributed by atoms with E-state index in [0.717, 1.165) is 27.2 Å². The zero-order valence-electron chi connectivity index (χ0n) is 13.6. The molecule has 0 radical (unpaired) electrons. The molecule has 0 unspecified atom stereocenters. The van der Waals surface area contributed by atoms with Crippen LogP contribution in [0.1, 0.15) is 16.3 Å². The van der Waals surface area contributed by atoms with Crippen molar-refractivity contribution < 1.29 is 4.42 Å². The van der Waals surface area contributed by atoms with Crippen molar-refractivity contribution in [2.45, 2.75) is 17.4 Å². The molecule has 0 N–H and O–H groups in total. The van der Waals surface area contributed by atoms with Gasteiger partial charge in [0.15, 0.2) is 0 Å². The number of nitrogens with zero attached hydrogens (tertiary/aromatic N) is 3. The number of hydrogen-bond acceptors (Lipinski definition) is 6. The molecule has 2 aromatic heterocycles. The summed E-state index contributed by atoms with van der Waals surface area (Å²) in [5.41, 5.74) is 3.22. The fraction of sp³-hybridized carbons (Fsp3) is 0.105. The molecule has 0 spiro atoms. The number of halogens is 1. The Morgan fingerprint density at radius 3 is 2.62 bits per heavy atom. The van der Waals surface area contributed by atoms with Gasteiger partial charge in [0.1, 0.15) is 0 Å². The average molecular weight is 444 g/mol. The maximum atomic E-state index is 5.73. The molecule has 0 amide bonds. The van der Waals surface area contributed by atoms with Crippen molar-refractivity contribution in [1.29, 1.82) is 0 Å². The first-order valence-electron chi connectivity index (χ1n) is 7.96. The zero-order chi connectivity index (χ0) is 17.8. The lowest BCUT2D eigenvalue weighted by atomic mass is 10.2. The number of aromatic nitrogens is 3. The van der Waals surface area contributed by atoms with E-state index in [1.807, 2.05) is 30.3 Å². The fourth-order valence-electron chi connectivity index (χ4n) is 2.38. The van der Waals surface area contributed by atoms with Crippen molar-refractivity contribution in [2.24, 2.45) is 0 Å². The summed E-state index contributed by atoms with van der Waals surface area (Å²) >= 11 is 6.61. The fourth-order valence-corrected chi connectivity index (χ4v) is 4.23. The molecule has 0 aliphatic rings. The second-order valence-corrected chi connectivity index (χ2v) is 8.35. The molecule has 2 heterocycles. The summed E-state index contributed by atoms with van der Waals surface area (Å²) in [6.45, 7) is 0. The third-order valence-corrected chi connectivity index (χ3v) is 5.92. The minimum Gasteiger partial charge on any atom is -0.411 e. The molecule has 2 aromatic carbocycles. The molecule has 7 heteroatoms. The highest BCUT2D eigenvalue weighted by Gasteiger charge is 2.10. The van der Waals surface area contributed by atoms with Gasteiger partial charge in [-0.2, -0.15) is 0 Å². The van der Waals surface area contributed by atoms with Crippen LogP contribution in [0.4, 0.5) is 0 Å². The molecule has 4 nitrogen and oxygen atoms in total. The lowest BCUT2D eigenvalue weighted by molar-refractivity contribution is 0.466. The van der Waals surface area contributed by atoms with Gasteiger partial charge in [0, 0.05) is 27.6 Å². The van der Waals surface area contributed by atoms with Crippen LogP contribution in [0.2, 0.25) is 0 Å². The maximum Gasteiger partial charge on any atom is 0.277 e. The van der Waals surface area contributed by atoms with Crippen LogP contribution in [0.5, 0.6) is 0 Å². The van der Waals surface area contributed by atoms with E-state index in [-0.39, 0.29) is 0 Å². The topological polar surface area (TPSA) is 51.8 Å². The number of hydrogen-bond donors (Lipinski definition) is 0. The van der Waals surface area contributed by atoms with Crippen LogP contribution in [-0.2, 0) is 12.2 Å². The quantitative estimate of drug-likeness (QED) is 0.350. The summed E-state index contributed by atoms with van der Waals surface area (Å²) in [5, 5.41) is 12.0. The molecule has 130 valence electrons. The van der Waals surface area contributed by atoms with Crippen LogP contribution >= 0.6 is 39.0 Å². The maximum absolute atomic E-state index is 5.73. The SMILES string of the molecule is Brc1ccc(-c2nnc(SCc3csc(Cc4ccccc4)n3)o2)cc1. The van der Waals surface area contributed by atoms with Gasteiger partial charge < -0.3 is 4.42 Å². The van der Waals surface area contributed by atoms with Gasteiger partial charge in [-0.25, -0.2) is 4.98 Å². The first-order valence-corrected chi connectivity index (χ1v) is 10.6. The Hall–Kier alpha value is -1.96. The smallest absolute Gasteiger partial charge is 0.277 e. The van der Waals surface area contributed by atoms with Gasteiger partial charge in [0.2, 0.25) is 5.89 Å². The summed E-state index contributed by atoms with van der Waals surface area (Å²) in [4.78, 5) is 4.70. The molecule has 0 bridgehead atoms. The molecule has 0 saturated carbocycles. The molecular formula is C19H14BrN3OS2. The third kappa shape index (κ3) is 4.41. The van der Waals surface area contributed by atoms with Crippen LogP contribution in [0, 0.1) is 0 Å². The highest BCUT2D eigenvalue weighted by Crippen LogP contribution is 2.27. The van der Waals surface area contributed by atoms with E-state index in [9.17, 15) is 0 Å². The summed E-state index contributed by atoms with van der Waals surface area (Å²) in [6.07, 6.45) is 0.866. The van der Waals surface area contributed by atoms with Gasteiger partial charge in [-0.3, -0.25) is 0 Å². The Labute approximate surface area is 167 Å². The second kappa shape index (κ2) is 8.16. The Bertz CT molecular complexity index is 983. The Morgan fingerprint density at radius 2 is 1.81 bits per heavy atom. The van der Waals surface area contributed by atoms with E-state index in [1.54, 1.807) is 11.3 Å². The van der Waals surface area contributed by atoms with Crippen LogP contribution < -0.4 is 0 Å². The second-order valence-electron chi connectivity index (χ2n) is 5.56. The highest BCUT2D eigenvalue weighted by atomic mass is 79.9. The van der Waals surface area contributed by atoms with Gasteiger partial charge in [0.05, 0.1) is 10.7 Å². The molecule has 0 atom stereocenters. The Morgan fingerprint density at radius 1 is 1.00 bits per heavy atom. The van der Waals surface area contributed by atoms with Crippen LogP contribution in [0.25, 0.3) is 11.5 Å². The minimum atomic E-state index is 0.531. The number of rotatable bonds is 6. The van der Waals surface area contributed by atoms with E-state index < -0.39 is 0 Å². The molecule has 0 saturated heterocycles.